The number of furan rings is 1. The second kappa shape index (κ2) is 10.3. The summed E-state index contributed by atoms with van der Waals surface area (Å²) in [5.74, 6) is -1.47. The second-order valence-corrected chi connectivity index (χ2v) is 7.05. The molecule has 0 spiro atoms. The van der Waals surface area contributed by atoms with E-state index < -0.39 is 5.82 Å². The Bertz CT molecular complexity index is 1090. The Labute approximate surface area is 181 Å². The number of carbonyl (C=O) groups excluding carboxylic acids is 3. The van der Waals surface area contributed by atoms with Gasteiger partial charge in [-0.2, -0.15) is 0 Å². The van der Waals surface area contributed by atoms with Crippen molar-refractivity contribution >= 4 is 46.0 Å². The Kier molecular flexibility index (Phi) is 7.28. The molecule has 10 heteroatoms. The SMILES string of the molecule is CC(=O)N(c1nc(/C=C/C(=O)NCCNC(=O)c2ccco2)cs1)c1ccccc1F. The number of carbonyl (C=O) groups is 3. The van der Waals surface area contributed by atoms with Crippen LogP contribution < -0.4 is 15.5 Å². The molecular weight excluding hydrogens is 423 g/mol. The zero-order valence-corrected chi connectivity index (χ0v) is 17.3. The fourth-order valence-corrected chi connectivity index (χ4v) is 3.42. The van der Waals surface area contributed by atoms with E-state index in [4.69, 9.17) is 4.42 Å². The van der Waals surface area contributed by atoms with Crippen molar-refractivity contribution in [2.75, 3.05) is 18.0 Å². The van der Waals surface area contributed by atoms with Gasteiger partial charge in [-0.3, -0.25) is 19.3 Å². The van der Waals surface area contributed by atoms with Crippen LogP contribution in [0.15, 0.2) is 58.5 Å². The van der Waals surface area contributed by atoms with E-state index in [1.54, 1.807) is 17.5 Å². The van der Waals surface area contributed by atoms with Gasteiger partial charge in [0.1, 0.15) is 5.82 Å². The minimum Gasteiger partial charge on any atom is -0.459 e. The maximum Gasteiger partial charge on any atom is 0.287 e. The van der Waals surface area contributed by atoms with E-state index >= 15 is 0 Å². The van der Waals surface area contributed by atoms with Crippen LogP contribution in [0, 0.1) is 5.82 Å². The van der Waals surface area contributed by atoms with Crippen LogP contribution in [-0.2, 0) is 9.59 Å². The van der Waals surface area contributed by atoms with Crippen molar-refractivity contribution in [3.8, 4) is 0 Å². The zero-order valence-electron chi connectivity index (χ0n) is 16.5. The monoisotopic (exact) mass is 442 g/mol. The molecule has 0 bridgehead atoms. The van der Waals surface area contributed by atoms with Gasteiger partial charge < -0.3 is 15.1 Å². The van der Waals surface area contributed by atoms with Crippen molar-refractivity contribution in [2.45, 2.75) is 6.92 Å². The first-order valence-electron chi connectivity index (χ1n) is 9.24. The zero-order chi connectivity index (χ0) is 22.2. The van der Waals surface area contributed by atoms with Gasteiger partial charge in [-0.05, 0) is 30.3 Å². The lowest BCUT2D eigenvalue weighted by Crippen LogP contribution is -2.33. The first-order valence-corrected chi connectivity index (χ1v) is 10.1. The third-order valence-corrected chi connectivity index (χ3v) is 4.81. The molecule has 0 aliphatic carbocycles. The number of hydrogen-bond donors (Lipinski definition) is 2. The Morgan fingerprint density at radius 2 is 1.94 bits per heavy atom. The number of aromatic nitrogens is 1. The first kappa shape index (κ1) is 21.9. The highest BCUT2D eigenvalue weighted by atomic mass is 32.1. The van der Waals surface area contributed by atoms with E-state index in [0.717, 1.165) is 11.3 Å². The number of nitrogens with zero attached hydrogens (tertiary/aromatic N) is 2. The Hall–Kier alpha value is -3.79. The molecule has 0 unspecified atom stereocenters. The summed E-state index contributed by atoms with van der Waals surface area (Å²) in [5.41, 5.74) is 0.554. The van der Waals surface area contributed by atoms with Crippen LogP contribution in [0.5, 0.6) is 0 Å². The van der Waals surface area contributed by atoms with Crippen LogP contribution in [-0.4, -0.2) is 35.8 Å². The largest absolute Gasteiger partial charge is 0.459 e. The summed E-state index contributed by atoms with van der Waals surface area (Å²) in [5, 5.41) is 7.18. The molecule has 160 valence electrons. The number of thiazole rings is 1. The van der Waals surface area contributed by atoms with Gasteiger partial charge in [0.05, 0.1) is 17.6 Å². The van der Waals surface area contributed by atoms with Crippen LogP contribution >= 0.6 is 11.3 Å². The van der Waals surface area contributed by atoms with Crippen LogP contribution in [0.25, 0.3) is 6.08 Å². The summed E-state index contributed by atoms with van der Waals surface area (Å²) in [4.78, 5) is 41.2. The molecule has 1 aromatic carbocycles. The van der Waals surface area contributed by atoms with Crippen molar-refractivity contribution < 1.29 is 23.2 Å². The predicted octanol–water partition coefficient (Wildman–Crippen LogP) is 3.12. The molecule has 0 saturated heterocycles. The molecular formula is C21H19FN4O4S. The smallest absolute Gasteiger partial charge is 0.287 e. The average molecular weight is 442 g/mol. The van der Waals surface area contributed by atoms with Crippen molar-refractivity contribution in [3.63, 3.8) is 0 Å². The molecule has 8 nitrogen and oxygen atoms in total. The molecule has 2 N–H and O–H groups in total. The molecule has 0 aliphatic heterocycles. The third kappa shape index (κ3) is 5.86. The van der Waals surface area contributed by atoms with Crippen molar-refractivity contribution in [3.05, 3.63) is 71.4 Å². The van der Waals surface area contributed by atoms with Crippen molar-refractivity contribution in [1.29, 1.82) is 0 Å². The van der Waals surface area contributed by atoms with E-state index in [1.807, 2.05) is 0 Å². The quantitative estimate of drug-likeness (QED) is 0.412. The summed E-state index contributed by atoms with van der Waals surface area (Å²) >= 11 is 1.15. The van der Waals surface area contributed by atoms with Crippen molar-refractivity contribution in [1.82, 2.24) is 15.6 Å². The molecule has 3 aromatic rings. The maximum atomic E-state index is 14.1. The van der Waals surface area contributed by atoms with E-state index in [-0.39, 0.29) is 42.3 Å². The van der Waals surface area contributed by atoms with Crippen LogP contribution in [0.3, 0.4) is 0 Å². The maximum absolute atomic E-state index is 14.1. The molecule has 0 radical (unpaired) electrons. The van der Waals surface area contributed by atoms with Gasteiger partial charge in [0.25, 0.3) is 5.91 Å². The average Bonchev–Trinajstić information content (AvgIpc) is 3.43. The molecule has 0 aliphatic rings. The lowest BCUT2D eigenvalue weighted by molar-refractivity contribution is -0.117. The summed E-state index contributed by atoms with van der Waals surface area (Å²) in [6.07, 6.45) is 4.17. The van der Waals surface area contributed by atoms with E-state index in [0.29, 0.717) is 10.8 Å². The summed E-state index contributed by atoms with van der Waals surface area (Å²) in [6.45, 7) is 1.78. The second-order valence-electron chi connectivity index (χ2n) is 6.22. The Morgan fingerprint density at radius 3 is 2.65 bits per heavy atom. The highest BCUT2D eigenvalue weighted by molar-refractivity contribution is 7.14. The van der Waals surface area contributed by atoms with E-state index in [2.05, 4.69) is 15.6 Å². The third-order valence-electron chi connectivity index (χ3n) is 3.97. The number of nitrogens with one attached hydrogen (secondary N) is 2. The van der Waals surface area contributed by atoms with Crippen LogP contribution in [0.4, 0.5) is 15.2 Å². The molecule has 0 fully saturated rings. The Morgan fingerprint density at radius 1 is 1.16 bits per heavy atom. The fraction of sp³-hybridized carbons (Fsp3) is 0.143. The molecule has 3 amide bonds. The number of para-hydroxylation sites is 1. The lowest BCUT2D eigenvalue weighted by atomic mass is 10.3. The summed E-state index contributed by atoms with van der Waals surface area (Å²) < 4.78 is 19.1. The normalized spacial score (nSPS) is 10.8. The van der Waals surface area contributed by atoms with E-state index in [1.165, 1.54) is 54.5 Å². The topological polar surface area (TPSA) is 105 Å². The van der Waals surface area contributed by atoms with Gasteiger partial charge in [-0.15, -0.1) is 11.3 Å². The van der Waals surface area contributed by atoms with Gasteiger partial charge in [-0.25, -0.2) is 9.37 Å². The minimum atomic E-state index is -0.538. The van der Waals surface area contributed by atoms with Gasteiger partial charge in [0, 0.05) is 31.5 Å². The van der Waals surface area contributed by atoms with Gasteiger partial charge in [0.2, 0.25) is 11.8 Å². The van der Waals surface area contributed by atoms with Crippen molar-refractivity contribution in [2.24, 2.45) is 0 Å². The standard InChI is InChI=1S/C21H19FN4O4S/c1-14(27)26(17-6-3-2-5-16(17)22)21-25-15(13-31-21)8-9-19(28)23-10-11-24-20(29)18-7-4-12-30-18/h2-9,12-13H,10-11H2,1H3,(H,23,28)(H,24,29)/b9-8+. The van der Waals surface area contributed by atoms with Gasteiger partial charge in [-0.1, -0.05) is 12.1 Å². The van der Waals surface area contributed by atoms with Gasteiger partial charge >= 0.3 is 0 Å². The fourth-order valence-electron chi connectivity index (χ4n) is 2.57. The summed E-state index contributed by atoms with van der Waals surface area (Å²) in [7, 11) is 0. The number of anilines is 2. The van der Waals surface area contributed by atoms with Gasteiger partial charge in [0.15, 0.2) is 10.9 Å². The number of hydrogen-bond acceptors (Lipinski definition) is 6. The number of amides is 3. The minimum absolute atomic E-state index is 0.106. The summed E-state index contributed by atoms with van der Waals surface area (Å²) in [6, 6.07) is 9.07. The molecule has 31 heavy (non-hydrogen) atoms. The highest BCUT2D eigenvalue weighted by Gasteiger charge is 2.20. The van der Waals surface area contributed by atoms with Crippen LogP contribution in [0.1, 0.15) is 23.2 Å². The number of halogens is 1. The molecule has 3 rings (SSSR count). The predicted molar refractivity (Wildman–Crippen MR) is 114 cm³/mol. The number of rotatable bonds is 8. The Balaban J connectivity index is 1.53. The molecule has 0 saturated carbocycles. The lowest BCUT2D eigenvalue weighted by Gasteiger charge is -2.18. The molecule has 2 heterocycles. The van der Waals surface area contributed by atoms with Crippen LogP contribution in [0.2, 0.25) is 0 Å². The van der Waals surface area contributed by atoms with E-state index in [9.17, 15) is 18.8 Å². The highest BCUT2D eigenvalue weighted by Crippen LogP contribution is 2.30. The molecule has 0 atom stereocenters. The first-order chi connectivity index (χ1) is 15.0. The molecule has 2 aromatic heterocycles. The number of benzene rings is 1.